The van der Waals surface area contributed by atoms with Crippen LogP contribution in [0.5, 0.6) is 69.0 Å². The number of benzene rings is 6. The van der Waals surface area contributed by atoms with Crippen molar-refractivity contribution >= 4 is 17.3 Å². The Hall–Kier alpha value is -8.99. The van der Waals surface area contributed by atoms with E-state index in [9.17, 15) is 142 Å². The number of carbonyl (C=O) groups is 3. The van der Waals surface area contributed by atoms with E-state index in [1.807, 2.05) is 0 Å². The molecule has 5 fully saturated rings. The lowest BCUT2D eigenvalue weighted by Gasteiger charge is -2.45. The monoisotopic (exact) mass is 1600 g/mol. The third kappa shape index (κ3) is 21.5. The van der Waals surface area contributed by atoms with Crippen molar-refractivity contribution in [3.63, 3.8) is 0 Å². The second-order valence-corrected chi connectivity index (χ2v) is 27.3. The standard InChI is InChI=1S/2C27H34O14.C21H24O10/c1-11-20(32)22(34)24(36)26(39-11)38-10-18-21(33)23(35)25(37)27(41-18)40-14-8-16(30)19(17(31)9-14)15(29)7-4-12-2-5-13(28)6-3-12;1-11-20(33)22(35)24(37)26(38-11)41-25-23(36)21(34)18(10-28)40-27(25)39-14-8-16(31)19(17(32)9-14)15(30)7-4-12-2-5-13(29)6-3-12;22-9-16-18(27)19(28)20(29)21(31-16)30-12-7-14(25)17(15(26)8-12)13(24)6-3-10-1-4-11(23)5-2-10/h2-3,5-6,8-9,11,18,20-28,30-37H,4,7,10H2,1H3;2-3,5-6,8-9,11,18,20-29,31-37H,4,7,10H2,1H3;1-2,4-5,7-8,16,18-23,25-29H,3,6,9H2/t11-,18+,20-,21+,22+,23-,24+,25+,26+,27+;11-,18+,20-,21+,22+,23-,24+,25+,26-,27+;16-,18-,19+,20-,21-/m001/s1. The highest BCUT2D eigenvalue weighted by atomic mass is 16.8. The summed E-state index contributed by atoms with van der Waals surface area (Å²) in [6, 6.07) is 24.8. The molecule has 5 aliphatic heterocycles. The predicted molar refractivity (Wildman–Crippen MR) is 377 cm³/mol. The molecule has 0 radical (unpaired) electrons. The van der Waals surface area contributed by atoms with Gasteiger partial charge in [-0.25, -0.2) is 0 Å². The van der Waals surface area contributed by atoms with Gasteiger partial charge in [-0.05, 0) is 86.2 Å². The van der Waals surface area contributed by atoms with Crippen LogP contribution in [0.2, 0.25) is 0 Å². The Morgan fingerprint density at radius 2 is 0.593 bits per heavy atom. The zero-order chi connectivity index (χ0) is 82.7. The van der Waals surface area contributed by atoms with Gasteiger partial charge < -0.3 is 175 Å². The van der Waals surface area contributed by atoms with Crippen LogP contribution in [0.1, 0.15) is 80.9 Å². The Morgan fingerprint density at radius 1 is 0.319 bits per heavy atom. The first-order valence-electron chi connectivity index (χ1n) is 35.4. The topological polar surface area (TPSA) is 649 Å². The largest absolute Gasteiger partial charge is 0.508 e. The van der Waals surface area contributed by atoms with E-state index >= 15 is 0 Å². The second kappa shape index (κ2) is 38.9. The maximum Gasteiger partial charge on any atom is 0.229 e. The highest BCUT2D eigenvalue weighted by Crippen LogP contribution is 2.41. The van der Waals surface area contributed by atoms with Crippen LogP contribution < -0.4 is 14.2 Å². The van der Waals surface area contributed by atoms with Gasteiger partial charge in [0.15, 0.2) is 36.0 Å². The molecular formula is C75H92O38. The van der Waals surface area contributed by atoms with Crippen molar-refractivity contribution < 1.29 is 189 Å². The van der Waals surface area contributed by atoms with Gasteiger partial charge in [-0.1, -0.05) is 36.4 Å². The molecular weight excluding hydrogens is 1510 g/mol. The second-order valence-electron chi connectivity index (χ2n) is 27.3. The number of hydrogen-bond acceptors (Lipinski definition) is 38. The molecule has 0 saturated carbocycles. The molecule has 6 aromatic carbocycles. The van der Waals surface area contributed by atoms with E-state index in [1.54, 1.807) is 36.4 Å². The summed E-state index contributed by atoms with van der Waals surface area (Å²) < 4.78 is 54.6. The molecule has 5 aliphatic rings. The lowest BCUT2D eigenvalue weighted by atomic mass is 9.97. The van der Waals surface area contributed by atoms with Crippen LogP contribution in [0.3, 0.4) is 0 Å². The van der Waals surface area contributed by atoms with Gasteiger partial charge in [0.25, 0.3) is 0 Å². The van der Waals surface area contributed by atoms with Crippen molar-refractivity contribution in [3.8, 4) is 69.0 Å². The number of ketones is 3. The highest BCUT2D eigenvalue weighted by molar-refractivity contribution is 6.02. The third-order valence-corrected chi connectivity index (χ3v) is 19.2. The van der Waals surface area contributed by atoms with Crippen LogP contribution in [0.15, 0.2) is 109 Å². The summed E-state index contributed by atoms with van der Waals surface area (Å²) in [6.45, 7) is 0.974. The van der Waals surface area contributed by atoms with Gasteiger partial charge in [-0.15, -0.1) is 0 Å². The number of hydrogen-bond donors (Lipinski definition) is 25. The fourth-order valence-electron chi connectivity index (χ4n) is 12.6. The molecule has 6 aromatic rings. The van der Waals surface area contributed by atoms with Gasteiger partial charge in [0.1, 0.15) is 189 Å². The van der Waals surface area contributed by atoms with Gasteiger partial charge in [-0.2, -0.15) is 0 Å². The van der Waals surface area contributed by atoms with Crippen LogP contribution in [-0.2, 0) is 52.4 Å². The van der Waals surface area contributed by atoms with Crippen molar-refractivity contribution in [2.45, 2.75) is 206 Å². The fourth-order valence-corrected chi connectivity index (χ4v) is 12.6. The predicted octanol–water partition coefficient (Wildman–Crippen LogP) is -2.90. The zero-order valence-electron chi connectivity index (χ0n) is 60.2. The van der Waals surface area contributed by atoms with Crippen LogP contribution in [0.25, 0.3) is 0 Å². The number of Topliss-reactive ketones (excluding diaryl/α,β-unsaturated/α-hetero) is 3. The van der Waals surface area contributed by atoms with Crippen LogP contribution in [0, 0.1) is 0 Å². The first kappa shape index (κ1) is 88.0. The van der Waals surface area contributed by atoms with E-state index in [0.29, 0.717) is 6.42 Å². The average molecular weight is 1600 g/mol. The van der Waals surface area contributed by atoms with E-state index in [1.165, 1.54) is 50.2 Å². The first-order valence-corrected chi connectivity index (χ1v) is 35.4. The van der Waals surface area contributed by atoms with Crippen molar-refractivity contribution in [3.05, 3.63) is 143 Å². The molecule has 25 N–H and O–H groups in total. The Morgan fingerprint density at radius 3 is 0.938 bits per heavy atom. The SMILES string of the molecule is C[C@@H]1O[C@@H](OC[C@H]2O[C@@H](Oc3cc(O)c(C(=O)CCc4ccc(O)cc4)c(O)c3)[C@H](O)[C@@H](O)[C@@H]2O)[C@H](O)[C@H](O)[C@H]1O.C[C@@H]1O[C@@H](O[C@H]2[C@H](Oc3cc(O)c(C(=O)CCc4ccc(O)cc4)c(O)c3)O[C@H](CO)[C@@H](O)[C@@H]2O)[C@H](O)[C@H](O)[C@H]1O.O=C(CCc1ccc(O)cc1)c1c(O)cc(O[C@@H]2O[C@H](CO)[C@@H](O)[C@H](O)[C@H]2O)cc1O. The molecule has 25 atom stereocenters. The van der Waals surface area contributed by atoms with Crippen molar-refractivity contribution in [1.29, 1.82) is 0 Å². The molecule has 0 bridgehead atoms. The minimum absolute atomic E-state index is 0.0151. The summed E-state index contributed by atoms with van der Waals surface area (Å²) in [5.74, 6) is -5.67. The maximum absolute atomic E-state index is 12.7. The average Bonchev–Trinajstić information content (AvgIpc) is 0.807. The van der Waals surface area contributed by atoms with E-state index in [-0.39, 0.29) is 83.3 Å². The Kier molecular flexibility index (Phi) is 30.3. The molecule has 0 aliphatic carbocycles. The van der Waals surface area contributed by atoms with E-state index in [4.69, 9.17) is 47.4 Å². The van der Waals surface area contributed by atoms with Gasteiger partial charge in [0.2, 0.25) is 18.9 Å². The van der Waals surface area contributed by atoms with Crippen LogP contribution >= 0.6 is 0 Å². The van der Waals surface area contributed by atoms with Crippen molar-refractivity contribution in [2.24, 2.45) is 0 Å². The number of aryl methyl sites for hydroxylation is 3. The van der Waals surface area contributed by atoms with Gasteiger partial charge in [0, 0.05) is 55.7 Å². The molecule has 5 saturated heterocycles. The van der Waals surface area contributed by atoms with E-state index in [2.05, 4.69) is 0 Å². The van der Waals surface area contributed by atoms with E-state index in [0.717, 1.165) is 53.1 Å². The number of carbonyl (C=O) groups excluding carboxylic acids is 3. The molecule has 5 heterocycles. The quantitative estimate of drug-likeness (QED) is 0.0256. The Balaban J connectivity index is 0.000000197. The zero-order valence-corrected chi connectivity index (χ0v) is 60.2. The summed E-state index contributed by atoms with van der Waals surface area (Å²) in [5.41, 5.74) is 1.27. The van der Waals surface area contributed by atoms with Gasteiger partial charge >= 0.3 is 0 Å². The summed E-state index contributed by atoms with van der Waals surface area (Å²) >= 11 is 0. The van der Waals surface area contributed by atoms with Gasteiger partial charge in [-0.3, -0.25) is 14.4 Å². The van der Waals surface area contributed by atoms with Gasteiger partial charge in [0.05, 0.1) is 32.0 Å². The molecule has 620 valence electrons. The molecule has 11 rings (SSSR count). The van der Waals surface area contributed by atoms with E-state index < -0.39 is 225 Å². The summed E-state index contributed by atoms with van der Waals surface area (Å²) in [7, 11) is 0. The molecule has 38 heteroatoms. The third-order valence-electron chi connectivity index (χ3n) is 19.2. The number of phenols is 9. The molecule has 113 heavy (non-hydrogen) atoms. The maximum atomic E-state index is 12.7. The minimum atomic E-state index is -1.79. The molecule has 0 spiro atoms. The lowest BCUT2D eigenvalue weighted by Crippen LogP contribution is -2.64. The van der Waals surface area contributed by atoms with Crippen LogP contribution in [-0.4, -0.2) is 318 Å². The lowest BCUT2D eigenvalue weighted by molar-refractivity contribution is -0.354. The normalized spacial score (nSPS) is 31.6. The molecule has 0 unspecified atom stereocenters. The highest BCUT2D eigenvalue weighted by Gasteiger charge is 2.52. The van der Waals surface area contributed by atoms with Crippen LogP contribution in [0.4, 0.5) is 0 Å². The fraction of sp³-hybridized carbons (Fsp3) is 0.480. The number of phenolic OH excluding ortho intramolecular Hbond substituents is 9. The van der Waals surface area contributed by atoms with Crippen molar-refractivity contribution in [2.75, 3.05) is 19.8 Å². The minimum Gasteiger partial charge on any atom is -0.508 e. The Labute approximate surface area is 641 Å². The Bertz CT molecular complexity index is 4040. The summed E-state index contributed by atoms with van der Waals surface area (Å²) in [6.07, 6.45) is -37.4. The smallest absolute Gasteiger partial charge is 0.229 e. The number of aromatic hydroxyl groups is 9. The molecule has 0 aromatic heterocycles. The molecule has 38 nitrogen and oxygen atoms in total. The number of rotatable bonds is 25. The number of aliphatic hydroxyl groups excluding tert-OH is 16. The summed E-state index contributed by atoms with van der Waals surface area (Å²) in [4.78, 5) is 37.9. The summed E-state index contributed by atoms with van der Waals surface area (Å²) in [5, 5.41) is 251. The first-order chi connectivity index (χ1) is 53.5. The van der Waals surface area contributed by atoms with Crippen molar-refractivity contribution in [1.82, 2.24) is 0 Å². The number of ether oxygens (including phenoxy) is 10. The number of aliphatic hydroxyl groups is 16. The molecule has 0 amide bonds.